The van der Waals surface area contributed by atoms with E-state index in [1.54, 1.807) is 35.7 Å². The molecule has 0 amide bonds. The number of phenolic OH excluding ortho intramolecular Hbond substituents is 2. The Kier molecular flexibility index (Phi) is 7.09. The molecule has 0 bridgehead atoms. The summed E-state index contributed by atoms with van der Waals surface area (Å²) in [7, 11) is 0. The molecule has 33 heavy (non-hydrogen) atoms. The maximum Gasteiger partial charge on any atom is 0.170 e. The first-order valence-corrected chi connectivity index (χ1v) is 11.5. The number of benzene rings is 3. The molecular weight excluding hydrogens is 504 g/mol. The van der Waals surface area contributed by atoms with Crippen molar-refractivity contribution in [3.05, 3.63) is 91.1 Å². The zero-order chi connectivity index (χ0) is 21.9. The van der Waals surface area contributed by atoms with Crippen molar-refractivity contribution in [3.63, 3.8) is 0 Å². The number of thiazole rings is 2. The first kappa shape index (κ1) is 23.0. The number of aromatic hydroxyl groups is 2. The van der Waals surface area contributed by atoms with Crippen molar-refractivity contribution in [1.82, 2.24) is 15.0 Å². The summed E-state index contributed by atoms with van der Waals surface area (Å²) in [5.41, 5.74) is 3.26. The van der Waals surface area contributed by atoms with Gasteiger partial charge in [0.1, 0.15) is 21.5 Å². The second kappa shape index (κ2) is 10.2. The van der Waals surface area contributed by atoms with Gasteiger partial charge < -0.3 is 10.2 Å². The Hall–Kier alpha value is -3.19. The van der Waals surface area contributed by atoms with Gasteiger partial charge in [-0.3, -0.25) is 0 Å². The van der Waals surface area contributed by atoms with Crippen LogP contribution in [0.4, 0.5) is 0 Å². The SMILES string of the molecule is Oc1ccccc1-c1nc2ccccc2s1.Oc1ccccc1-c1nc2ncccc2s1.[Zn]. The molecule has 0 spiro atoms. The summed E-state index contributed by atoms with van der Waals surface area (Å²) < 4.78 is 2.17. The van der Waals surface area contributed by atoms with Gasteiger partial charge in [-0.05, 0) is 48.5 Å². The van der Waals surface area contributed by atoms with Gasteiger partial charge in [0.15, 0.2) is 5.65 Å². The number of para-hydroxylation sites is 3. The molecule has 158 valence electrons. The van der Waals surface area contributed by atoms with Gasteiger partial charge in [0.05, 0.1) is 26.0 Å². The molecule has 3 aromatic heterocycles. The molecule has 8 heteroatoms. The van der Waals surface area contributed by atoms with E-state index in [0.717, 1.165) is 41.7 Å². The van der Waals surface area contributed by atoms with Crippen molar-refractivity contribution in [2.75, 3.05) is 0 Å². The second-order valence-electron chi connectivity index (χ2n) is 6.87. The van der Waals surface area contributed by atoms with Crippen LogP contribution in [-0.4, -0.2) is 25.2 Å². The average molecular weight is 521 g/mol. The van der Waals surface area contributed by atoms with Gasteiger partial charge in [0, 0.05) is 25.7 Å². The van der Waals surface area contributed by atoms with Gasteiger partial charge in [-0.15, -0.1) is 22.7 Å². The van der Waals surface area contributed by atoms with Gasteiger partial charge in [0.25, 0.3) is 0 Å². The predicted octanol–water partition coefficient (Wildman–Crippen LogP) is 6.73. The summed E-state index contributed by atoms with van der Waals surface area (Å²) in [6, 6.07) is 26.3. The molecule has 0 radical (unpaired) electrons. The Morgan fingerprint density at radius 2 is 1.12 bits per heavy atom. The molecule has 0 saturated carbocycles. The molecule has 0 aliphatic rings. The monoisotopic (exact) mass is 519 g/mol. The standard InChI is InChI=1S/C13H9NOS.C12H8N2OS.Zn/c15-11-7-3-1-5-9(11)13-14-10-6-2-4-8-12(10)16-13;15-9-5-2-1-4-8(9)12-14-11-10(16-12)6-3-7-13-11;/h1-8,15H;1-7,15H;. The summed E-state index contributed by atoms with van der Waals surface area (Å²) in [5.74, 6) is 0.531. The van der Waals surface area contributed by atoms with Gasteiger partial charge in [0.2, 0.25) is 0 Å². The van der Waals surface area contributed by atoms with Crippen LogP contribution in [0.2, 0.25) is 0 Å². The smallest absolute Gasteiger partial charge is 0.170 e. The molecule has 0 unspecified atom stereocenters. The summed E-state index contributed by atoms with van der Waals surface area (Å²) >= 11 is 3.12. The summed E-state index contributed by atoms with van der Waals surface area (Å²) in [6.45, 7) is 0. The van der Waals surface area contributed by atoms with Crippen LogP contribution < -0.4 is 0 Å². The van der Waals surface area contributed by atoms with Crippen LogP contribution in [0.1, 0.15) is 0 Å². The predicted molar refractivity (Wildman–Crippen MR) is 131 cm³/mol. The van der Waals surface area contributed by atoms with E-state index in [-0.39, 0.29) is 31.0 Å². The number of pyridine rings is 1. The molecule has 5 nitrogen and oxygen atoms in total. The number of nitrogens with zero attached hydrogens (tertiary/aromatic N) is 3. The minimum Gasteiger partial charge on any atom is -0.507 e. The number of aromatic nitrogens is 3. The first-order chi connectivity index (χ1) is 15.7. The Bertz CT molecular complexity index is 1350. The number of hydrogen-bond donors (Lipinski definition) is 2. The van der Waals surface area contributed by atoms with Crippen LogP contribution in [0, 0.1) is 0 Å². The minimum atomic E-state index is 0. The van der Waals surface area contributed by atoms with Crippen LogP contribution in [0.3, 0.4) is 0 Å². The molecule has 0 atom stereocenters. The Morgan fingerprint density at radius 1 is 0.576 bits per heavy atom. The third-order valence-corrected chi connectivity index (χ3v) is 6.84. The van der Waals surface area contributed by atoms with Crippen LogP contribution in [-0.2, 0) is 19.5 Å². The van der Waals surface area contributed by atoms with Crippen molar-refractivity contribution in [2.24, 2.45) is 0 Å². The molecule has 0 aliphatic heterocycles. The molecule has 0 saturated heterocycles. The van der Waals surface area contributed by atoms with E-state index in [1.807, 2.05) is 66.7 Å². The third-order valence-electron chi connectivity index (χ3n) is 4.73. The van der Waals surface area contributed by atoms with E-state index in [0.29, 0.717) is 0 Å². The van der Waals surface area contributed by atoms with Crippen molar-refractivity contribution in [3.8, 4) is 32.6 Å². The molecular formula is C25H17N3O2S2Zn. The summed E-state index contributed by atoms with van der Waals surface area (Å²) in [4.78, 5) is 13.1. The van der Waals surface area contributed by atoms with Gasteiger partial charge in [-0.2, -0.15) is 0 Å². The van der Waals surface area contributed by atoms with E-state index >= 15 is 0 Å². The van der Waals surface area contributed by atoms with E-state index in [4.69, 9.17) is 0 Å². The van der Waals surface area contributed by atoms with Crippen LogP contribution >= 0.6 is 22.7 Å². The fraction of sp³-hybridized carbons (Fsp3) is 0. The first-order valence-electron chi connectivity index (χ1n) is 9.83. The summed E-state index contributed by atoms with van der Waals surface area (Å²) in [6.07, 6.45) is 1.72. The van der Waals surface area contributed by atoms with Crippen LogP contribution in [0.5, 0.6) is 11.5 Å². The second-order valence-corrected chi connectivity index (χ2v) is 8.93. The van der Waals surface area contributed by atoms with Crippen molar-refractivity contribution >= 4 is 43.2 Å². The maximum atomic E-state index is 9.76. The number of fused-ring (bicyclic) bond motifs is 2. The van der Waals surface area contributed by atoms with E-state index in [9.17, 15) is 10.2 Å². The Balaban J connectivity index is 0.000000152. The zero-order valence-corrected chi connectivity index (χ0v) is 22.0. The third kappa shape index (κ3) is 4.93. The van der Waals surface area contributed by atoms with Crippen LogP contribution in [0.25, 0.3) is 41.7 Å². The fourth-order valence-corrected chi connectivity index (χ4v) is 5.14. The topological polar surface area (TPSA) is 79.1 Å². The quantitative estimate of drug-likeness (QED) is 0.247. The Labute approximate surface area is 210 Å². The number of hydrogen-bond acceptors (Lipinski definition) is 7. The van der Waals surface area contributed by atoms with Gasteiger partial charge >= 0.3 is 0 Å². The largest absolute Gasteiger partial charge is 0.507 e. The normalized spacial score (nSPS) is 10.4. The minimum absolute atomic E-state index is 0. The molecule has 2 N–H and O–H groups in total. The fourth-order valence-electron chi connectivity index (χ4n) is 3.18. The van der Waals surface area contributed by atoms with E-state index < -0.39 is 0 Å². The molecule has 0 fully saturated rings. The van der Waals surface area contributed by atoms with Gasteiger partial charge in [-0.1, -0.05) is 36.4 Å². The molecule has 6 rings (SSSR count). The van der Waals surface area contributed by atoms with Gasteiger partial charge in [-0.25, -0.2) is 15.0 Å². The number of phenols is 2. The number of rotatable bonds is 2. The summed E-state index contributed by atoms with van der Waals surface area (Å²) in [5, 5.41) is 21.1. The molecule has 3 heterocycles. The van der Waals surface area contributed by atoms with E-state index in [1.165, 1.54) is 11.3 Å². The molecule has 6 aromatic rings. The van der Waals surface area contributed by atoms with E-state index in [2.05, 4.69) is 15.0 Å². The van der Waals surface area contributed by atoms with Crippen molar-refractivity contribution < 1.29 is 29.7 Å². The average Bonchev–Trinajstić information content (AvgIpc) is 3.44. The molecule has 3 aromatic carbocycles. The molecule has 0 aliphatic carbocycles. The Morgan fingerprint density at radius 3 is 1.76 bits per heavy atom. The van der Waals surface area contributed by atoms with Crippen LogP contribution in [0.15, 0.2) is 91.1 Å². The van der Waals surface area contributed by atoms with Crippen molar-refractivity contribution in [1.29, 1.82) is 0 Å². The van der Waals surface area contributed by atoms with Crippen molar-refractivity contribution in [2.45, 2.75) is 0 Å². The maximum absolute atomic E-state index is 9.76. The zero-order valence-electron chi connectivity index (χ0n) is 17.4.